The number of hydrogen-bond acceptors (Lipinski definition) is 4. The summed E-state index contributed by atoms with van der Waals surface area (Å²) in [6, 6.07) is 8.66. The van der Waals surface area contributed by atoms with Crippen molar-refractivity contribution in [3.8, 4) is 11.6 Å². The van der Waals surface area contributed by atoms with Crippen molar-refractivity contribution >= 4 is 5.91 Å². The van der Waals surface area contributed by atoms with Gasteiger partial charge in [0.25, 0.3) is 0 Å². The summed E-state index contributed by atoms with van der Waals surface area (Å²) in [5.41, 5.74) is 6.74. The molecule has 24 heavy (non-hydrogen) atoms. The number of halogens is 1. The van der Waals surface area contributed by atoms with Crippen LogP contribution < -0.4 is 15.8 Å². The lowest BCUT2D eigenvalue weighted by Gasteiger charge is -2.17. The van der Waals surface area contributed by atoms with E-state index in [1.54, 1.807) is 18.3 Å². The summed E-state index contributed by atoms with van der Waals surface area (Å²) in [5.74, 6) is 0.481. The van der Waals surface area contributed by atoms with Crippen LogP contribution in [-0.4, -0.2) is 16.9 Å². The Bertz CT molecular complexity index is 676. The number of nitrogens with zero attached hydrogens (tertiary/aromatic N) is 1. The van der Waals surface area contributed by atoms with Gasteiger partial charge >= 0.3 is 0 Å². The third-order valence-electron chi connectivity index (χ3n) is 3.86. The zero-order chi connectivity index (χ0) is 17.5. The summed E-state index contributed by atoms with van der Waals surface area (Å²) in [6.07, 6.45) is 2.44. The second kappa shape index (κ2) is 8.40. The van der Waals surface area contributed by atoms with Crippen molar-refractivity contribution in [3.05, 3.63) is 54.0 Å². The number of nitrogens with one attached hydrogen (secondary N) is 1. The van der Waals surface area contributed by atoms with Gasteiger partial charge < -0.3 is 15.8 Å². The smallest absolute Gasteiger partial charge is 0.237 e. The van der Waals surface area contributed by atoms with E-state index in [1.165, 1.54) is 24.3 Å². The van der Waals surface area contributed by atoms with Crippen LogP contribution in [0.4, 0.5) is 4.39 Å². The lowest BCUT2D eigenvalue weighted by molar-refractivity contribution is -0.123. The Hall–Kier alpha value is -2.47. The first-order valence-electron chi connectivity index (χ1n) is 7.91. The molecule has 128 valence electrons. The normalized spacial score (nSPS) is 13.2. The summed E-state index contributed by atoms with van der Waals surface area (Å²) in [4.78, 5) is 16.1. The van der Waals surface area contributed by atoms with E-state index in [9.17, 15) is 9.18 Å². The highest BCUT2D eigenvalue weighted by Gasteiger charge is 2.18. The first-order valence-corrected chi connectivity index (χ1v) is 7.91. The highest BCUT2D eigenvalue weighted by atomic mass is 19.1. The fourth-order valence-electron chi connectivity index (χ4n) is 2.06. The Balaban J connectivity index is 1.95. The molecule has 2 rings (SSSR count). The Morgan fingerprint density at radius 2 is 2.04 bits per heavy atom. The van der Waals surface area contributed by atoms with Gasteiger partial charge in [-0.15, -0.1) is 0 Å². The monoisotopic (exact) mass is 331 g/mol. The number of carbonyl (C=O) groups excluding carboxylic acids is 1. The van der Waals surface area contributed by atoms with Crippen molar-refractivity contribution in [1.82, 2.24) is 10.3 Å². The summed E-state index contributed by atoms with van der Waals surface area (Å²) in [7, 11) is 0. The molecule has 0 fully saturated rings. The Labute approximate surface area is 141 Å². The predicted molar refractivity (Wildman–Crippen MR) is 90.0 cm³/mol. The van der Waals surface area contributed by atoms with E-state index >= 15 is 0 Å². The maximum atomic E-state index is 12.9. The van der Waals surface area contributed by atoms with Crippen molar-refractivity contribution in [1.29, 1.82) is 0 Å². The number of nitrogens with two attached hydrogens (primary N) is 1. The molecule has 3 N–H and O–H groups in total. The van der Waals surface area contributed by atoms with Crippen LogP contribution in [0.1, 0.15) is 25.8 Å². The number of ether oxygens (including phenoxy) is 1. The largest absolute Gasteiger partial charge is 0.439 e. The van der Waals surface area contributed by atoms with Gasteiger partial charge in [0.1, 0.15) is 11.6 Å². The predicted octanol–water partition coefficient (Wildman–Crippen LogP) is 3.00. The topological polar surface area (TPSA) is 77.2 Å². The van der Waals surface area contributed by atoms with E-state index in [1.807, 2.05) is 13.8 Å². The highest BCUT2D eigenvalue weighted by molar-refractivity contribution is 5.81. The second-order valence-electron chi connectivity index (χ2n) is 5.69. The molecule has 6 heteroatoms. The van der Waals surface area contributed by atoms with E-state index in [-0.39, 0.29) is 17.6 Å². The fourth-order valence-corrected chi connectivity index (χ4v) is 2.06. The average Bonchev–Trinajstić information content (AvgIpc) is 2.60. The van der Waals surface area contributed by atoms with Gasteiger partial charge in [-0.1, -0.05) is 20.3 Å². The first kappa shape index (κ1) is 17.9. The number of aromatic nitrogens is 1. The van der Waals surface area contributed by atoms with Crippen molar-refractivity contribution in [2.24, 2.45) is 11.7 Å². The summed E-state index contributed by atoms with van der Waals surface area (Å²) in [6.45, 7) is 4.29. The average molecular weight is 331 g/mol. The molecule has 2 atom stereocenters. The molecule has 0 spiro atoms. The minimum absolute atomic E-state index is 0.125. The molecule has 0 aliphatic rings. The standard InChI is InChI=1S/C18H22FN3O2/c1-3-12(2)17(20)18(23)22-11-13-8-9-21-16(10-13)24-15-6-4-14(19)5-7-15/h4-10,12,17H,3,11,20H2,1-2H3,(H,22,23). The molecule has 0 saturated heterocycles. The Morgan fingerprint density at radius 3 is 2.71 bits per heavy atom. The highest BCUT2D eigenvalue weighted by Crippen LogP contribution is 2.20. The van der Waals surface area contributed by atoms with Crippen molar-refractivity contribution in [2.45, 2.75) is 32.9 Å². The maximum Gasteiger partial charge on any atom is 0.237 e. The Morgan fingerprint density at radius 1 is 1.33 bits per heavy atom. The van der Waals surface area contributed by atoms with Crippen LogP contribution in [0, 0.1) is 11.7 Å². The number of carbonyl (C=O) groups is 1. The third-order valence-corrected chi connectivity index (χ3v) is 3.86. The van der Waals surface area contributed by atoms with Gasteiger partial charge in [-0.3, -0.25) is 4.79 Å². The van der Waals surface area contributed by atoms with Crippen molar-refractivity contribution < 1.29 is 13.9 Å². The molecule has 0 saturated carbocycles. The quantitative estimate of drug-likeness (QED) is 0.817. The van der Waals surface area contributed by atoms with Crippen LogP contribution in [0.2, 0.25) is 0 Å². The second-order valence-corrected chi connectivity index (χ2v) is 5.69. The van der Waals surface area contributed by atoms with Gasteiger partial charge in [0.2, 0.25) is 11.8 Å². The molecule has 2 unspecified atom stereocenters. The summed E-state index contributed by atoms with van der Waals surface area (Å²) >= 11 is 0. The first-order chi connectivity index (χ1) is 11.5. The lowest BCUT2D eigenvalue weighted by atomic mass is 9.99. The van der Waals surface area contributed by atoms with Crippen LogP contribution >= 0.6 is 0 Å². The van der Waals surface area contributed by atoms with Crippen LogP contribution in [0.3, 0.4) is 0 Å². The molecule has 0 radical (unpaired) electrons. The van der Waals surface area contributed by atoms with Gasteiger partial charge in [0.05, 0.1) is 6.04 Å². The van der Waals surface area contributed by atoms with E-state index in [0.717, 1.165) is 12.0 Å². The molecular weight excluding hydrogens is 309 g/mol. The molecule has 5 nitrogen and oxygen atoms in total. The van der Waals surface area contributed by atoms with Crippen LogP contribution in [0.25, 0.3) is 0 Å². The molecule has 2 aromatic rings. The van der Waals surface area contributed by atoms with Crippen molar-refractivity contribution in [3.63, 3.8) is 0 Å². The van der Waals surface area contributed by atoms with Gasteiger partial charge in [-0.25, -0.2) is 9.37 Å². The molecule has 0 aliphatic carbocycles. The number of amides is 1. The van der Waals surface area contributed by atoms with Gasteiger partial charge in [-0.2, -0.15) is 0 Å². The van der Waals surface area contributed by atoms with E-state index in [0.29, 0.717) is 18.2 Å². The SMILES string of the molecule is CCC(C)C(N)C(=O)NCc1ccnc(Oc2ccc(F)cc2)c1. The summed E-state index contributed by atoms with van der Waals surface area (Å²) in [5, 5.41) is 2.82. The number of rotatable bonds is 7. The van der Waals surface area contributed by atoms with Gasteiger partial charge in [0.15, 0.2) is 0 Å². The molecule has 0 bridgehead atoms. The van der Waals surface area contributed by atoms with Crippen LogP contribution in [-0.2, 0) is 11.3 Å². The van der Waals surface area contributed by atoms with Crippen LogP contribution in [0.5, 0.6) is 11.6 Å². The molecule has 0 aliphatic heterocycles. The molecular formula is C18H22FN3O2. The number of benzene rings is 1. The van der Waals surface area contributed by atoms with E-state index in [2.05, 4.69) is 10.3 Å². The number of pyridine rings is 1. The molecule has 1 heterocycles. The van der Waals surface area contributed by atoms with Gasteiger partial charge in [0, 0.05) is 18.8 Å². The molecule has 1 amide bonds. The van der Waals surface area contributed by atoms with Crippen LogP contribution in [0.15, 0.2) is 42.6 Å². The molecule has 1 aromatic heterocycles. The fraction of sp³-hybridized carbons (Fsp3) is 0.333. The molecule has 1 aromatic carbocycles. The maximum absolute atomic E-state index is 12.9. The van der Waals surface area contributed by atoms with E-state index in [4.69, 9.17) is 10.5 Å². The summed E-state index contributed by atoms with van der Waals surface area (Å²) < 4.78 is 18.5. The van der Waals surface area contributed by atoms with Gasteiger partial charge in [-0.05, 0) is 41.8 Å². The minimum atomic E-state index is -0.522. The number of hydrogen-bond donors (Lipinski definition) is 2. The zero-order valence-corrected chi connectivity index (χ0v) is 13.8. The lowest BCUT2D eigenvalue weighted by Crippen LogP contribution is -2.44. The van der Waals surface area contributed by atoms with Crippen molar-refractivity contribution in [2.75, 3.05) is 0 Å². The zero-order valence-electron chi connectivity index (χ0n) is 13.8. The van der Waals surface area contributed by atoms with E-state index < -0.39 is 6.04 Å². The third kappa shape index (κ3) is 5.03. The Kier molecular flexibility index (Phi) is 6.26. The minimum Gasteiger partial charge on any atom is -0.439 e.